The Kier molecular flexibility index (Phi) is 6.20. The van der Waals surface area contributed by atoms with Gasteiger partial charge in [0, 0.05) is 24.1 Å². The highest BCUT2D eigenvalue weighted by Crippen LogP contribution is 2.27. The number of hydroxylamine groups is 2. The van der Waals surface area contributed by atoms with Crippen molar-refractivity contribution >= 4 is 17.5 Å². The van der Waals surface area contributed by atoms with E-state index in [1.54, 1.807) is 19.1 Å². The summed E-state index contributed by atoms with van der Waals surface area (Å²) in [6, 6.07) is 15.2. The lowest BCUT2D eigenvalue weighted by Crippen LogP contribution is -2.36. The van der Waals surface area contributed by atoms with E-state index in [0.717, 1.165) is 5.56 Å². The van der Waals surface area contributed by atoms with Crippen molar-refractivity contribution in [3.63, 3.8) is 0 Å². The topological polar surface area (TPSA) is 104 Å². The van der Waals surface area contributed by atoms with E-state index < -0.39 is 10.9 Å². The summed E-state index contributed by atoms with van der Waals surface area (Å²) in [4.78, 5) is 33.7. The fourth-order valence-corrected chi connectivity index (χ4v) is 2.79. The zero-order chi connectivity index (χ0) is 20.8. The van der Waals surface area contributed by atoms with Crippen molar-refractivity contribution in [3.05, 3.63) is 87.3 Å². The van der Waals surface area contributed by atoms with E-state index in [1.165, 1.54) is 24.3 Å². The highest BCUT2D eigenvalue weighted by atomic mass is 16.7. The number of nitro benzene ring substituents is 1. The monoisotopic (exact) mass is 397 g/mol. The third kappa shape index (κ3) is 4.41. The number of carbonyl (C=O) groups is 1. The van der Waals surface area contributed by atoms with Gasteiger partial charge < -0.3 is 9.57 Å². The largest absolute Gasteiger partial charge is 0.460 e. The number of hydrogen-bond acceptors (Lipinski definition) is 8. The molecule has 0 aliphatic carbocycles. The van der Waals surface area contributed by atoms with Crippen LogP contribution in [0.2, 0.25) is 0 Å². The summed E-state index contributed by atoms with van der Waals surface area (Å²) in [5.74, 6) is -0.424. The molecule has 150 valence electrons. The van der Waals surface area contributed by atoms with Gasteiger partial charge in [-0.2, -0.15) is 5.06 Å². The molecule has 0 N–H and O–H groups in total. The van der Waals surface area contributed by atoms with E-state index in [-0.39, 0.29) is 24.5 Å². The summed E-state index contributed by atoms with van der Waals surface area (Å²) < 4.78 is 5.07. The van der Waals surface area contributed by atoms with Crippen LogP contribution in [0.4, 0.5) is 5.69 Å². The lowest BCUT2D eigenvalue weighted by atomic mass is 10.1. The molecule has 0 spiro atoms. The van der Waals surface area contributed by atoms with Crippen LogP contribution in [0.25, 0.3) is 0 Å². The molecule has 1 aliphatic rings. The minimum absolute atomic E-state index is 0.0247. The van der Waals surface area contributed by atoms with Crippen molar-refractivity contribution in [1.29, 1.82) is 0 Å². The highest BCUT2D eigenvalue weighted by molar-refractivity contribution is 6.00. The first-order valence-electron chi connectivity index (χ1n) is 8.83. The number of nitrogens with zero attached hydrogens (tertiary/aromatic N) is 3. The number of allylic oxidation sites excluding steroid dienone is 1. The summed E-state index contributed by atoms with van der Waals surface area (Å²) in [5.41, 5.74) is 1.78. The molecule has 0 radical (unpaired) electrons. The number of carbonyl (C=O) groups excluding carboxylic acids is 1. The van der Waals surface area contributed by atoms with Gasteiger partial charge in [-0.3, -0.25) is 15.0 Å². The highest BCUT2D eigenvalue weighted by Gasteiger charge is 2.32. The SMILES string of the molecule is CCOC(=O)C1=C(Cc2ccc([N+](=O)[O-])cc2)N(OC)C(c2ccccc2)=NO1. The first-order chi connectivity index (χ1) is 14.0. The van der Waals surface area contributed by atoms with Crippen LogP contribution in [0, 0.1) is 10.1 Å². The predicted molar refractivity (Wildman–Crippen MR) is 103 cm³/mol. The van der Waals surface area contributed by atoms with E-state index in [1.807, 2.05) is 30.3 Å². The van der Waals surface area contributed by atoms with Crippen molar-refractivity contribution in [2.24, 2.45) is 5.16 Å². The standard InChI is InChI=1S/C20H19N3O6/c1-3-28-20(24)18-17(13-14-9-11-16(12-10-14)23(25)26)22(27-2)19(21-29-18)15-7-5-4-6-8-15/h4-12H,3,13H2,1-2H3. The molecule has 29 heavy (non-hydrogen) atoms. The normalized spacial score (nSPS) is 13.6. The number of nitro groups is 1. The number of rotatable bonds is 7. The second-order valence-electron chi connectivity index (χ2n) is 5.95. The maximum atomic E-state index is 12.4. The predicted octanol–water partition coefficient (Wildman–Crippen LogP) is 3.17. The zero-order valence-corrected chi connectivity index (χ0v) is 15.9. The Morgan fingerprint density at radius 1 is 1.17 bits per heavy atom. The number of hydrogen-bond donors (Lipinski definition) is 0. The van der Waals surface area contributed by atoms with Gasteiger partial charge in [-0.05, 0) is 12.5 Å². The van der Waals surface area contributed by atoms with Gasteiger partial charge >= 0.3 is 5.97 Å². The fourth-order valence-electron chi connectivity index (χ4n) is 2.79. The van der Waals surface area contributed by atoms with Crippen LogP contribution >= 0.6 is 0 Å². The zero-order valence-electron chi connectivity index (χ0n) is 15.9. The van der Waals surface area contributed by atoms with Crippen LogP contribution in [-0.4, -0.2) is 35.5 Å². The number of esters is 1. The molecular formula is C20H19N3O6. The smallest absolute Gasteiger partial charge is 0.379 e. The molecule has 2 aromatic rings. The van der Waals surface area contributed by atoms with Crippen molar-refractivity contribution in [3.8, 4) is 0 Å². The van der Waals surface area contributed by atoms with Gasteiger partial charge in [0.2, 0.25) is 5.84 Å². The second-order valence-corrected chi connectivity index (χ2v) is 5.95. The Bertz CT molecular complexity index is 954. The van der Waals surface area contributed by atoms with Gasteiger partial charge in [-0.25, -0.2) is 4.79 Å². The van der Waals surface area contributed by atoms with Crippen molar-refractivity contribution in [2.45, 2.75) is 13.3 Å². The summed E-state index contributed by atoms with van der Waals surface area (Å²) in [5, 5.41) is 16.3. The van der Waals surface area contributed by atoms with Gasteiger partial charge in [-0.1, -0.05) is 47.6 Å². The molecule has 0 saturated carbocycles. The minimum Gasteiger partial charge on any atom is -0.460 e. The maximum Gasteiger partial charge on any atom is 0.379 e. The fraction of sp³-hybridized carbons (Fsp3) is 0.200. The first kappa shape index (κ1) is 20.0. The molecule has 9 nitrogen and oxygen atoms in total. The Morgan fingerprint density at radius 3 is 2.45 bits per heavy atom. The molecule has 2 aromatic carbocycles. The van der Waals surface area contributed by atoms with Crippen LogP contribution in [0.15, 0.2) is 71.2 Å². The molecular weight excluding hydrogens is 378 g/mol. The number of non-ortho nitro benzene ring substituents is 1. The van der Waals surface area contributed by atoms with Crippen LogP contribution in [-0.2, 0) is 25.6 Å². The van der Waals surface area contributed by atoms with E-state index in [0.29, 0.717) is 17.1 Å². The van der Waals surface area contributed by atoms with Gasteiger partial charge in [0.25, 0.3) is 11.4 Å². The lowest BCUT2D eigenvalue weighted by Gasteiger charge is -2.29. The number of amidine groups is 1. The number of benzene rings is 2. The molecule has 0 aromatic heterocycles. The minimum atomic E-state index is -0.678. The summed E-state index contributed by atoms with van der Waals surface area (Å²) >= 11 is 0. The molecule has 1 heterocycles. The maximum absolute atomic E-state index is 12.4. The molecule has 1 aliphatic heterocycles. The van der Waals surface area contributed by atoms with E-state index in [4.69, 9.17) is 14.4 Å². The van der Waals surface area contributed by atoms with Gasteiger partial charge in [0.1, 0.15) is 5.70 Å². The molecule has 0 fully saturated rings. The third-order valence-electron chi connectivity index (χ3n) is 4.12. The average Bonchev–Trinajstić information content (AvgIpc) is 2.74. The first-order valence-corrected chi connectivity index (χ1v) is 8.83. The van der Waals surface area contributed by atoms with Crippen LogP contribution in [0.1, 0.15) is 18.1 Å². The molecule has 9 heteroatoms. The molecule has 0 unspecified atom stereocenters. The quantitative estimate of drug-likeness (QED) is 0.401. The van der Waals surface area contributed by atoms with E-state index in [2.05, 4.69) is 5.16 Å². The average molecular weight is 397 g/mol. The third-order valence-corrected chi connectivity index (χ3v) is 4.12. The van der Waals surface area contributed by atoms with E-state index >= 15 is 0 Å². The van der Waals surface area contributed by atoms with E-state index in [9.17, 15) is 14.9 Å². The summed E-state index contributed by atoms with van der Waals surface area (Å²) in [6.45, 7) is 1.85. The second kappa shape index (κ2) is 8.98. The van der Waals surface area contributed by atoms with Gasteiger partial charge in [-0.15, -0.1) is 0 Å². The molecule has 3 rings (SSSR count). The molecule has 0 saturated heterocycles. The Morgan fingerprint density at radius 2 is 1.86 bits per heavy atom. The molecule has 0 atom stereocenters. The summed E-state index contributed by atoms with van der Waals surface area (Å²) in [6.07, 6.45) is 0.200. The Hall–Kier alpha value is -3.72. The lowest BCUT2D eigenvalue weighted by molar-refractivity contribution is -0.384. The number of ether oxygens (including phenoxy) is 1. The Balaban J connectivity index is 1.99. The van der Waals surface area contributed by atoms with Crippen molar-refractivity contribution in [1.82, 2.24) is 5.06 Å². The van der Waals surface area contributed by atoms with Crippen LogP contribution in [0.5, 0.6) is 0 Å². The van der Waals surface area contributed by atoms with Crippen LogP contribution < -0.4 is 0 Å². The Labute approximate surface area is 166 Å². The van der Waals surface area contributed by atoms with Gasteiger partial charge in [0.15, 0.2) is 0 Å². The number of oxime groups is 1. The molecule has 0 amide bonds. The molecule has 0 bridgehead atoms. The summed E-state index contributed by atoms with van der Waals surface area (Å²) in [7, 11) is 1.45. The van der Waals surface area contributed by atoms with Crippen molar-refractivity contribution < 1.29 is 24.1 Å². The van der Waals surface area contributed by atoms with Crippen molar-refractivity contribution in [2.75, 3.05) is 13.7 Å². The van der Waals surface area contributed by atoms with Crippen LogP contribution in [0.3, 0.4) is 0 Å². The van der Waals surface area contributed by atoms with Gasteiger partial charge in [0.05, 0.1) is 18.6 Å².